The van der Waals surface area contributed by atoms with Crippen LogP contribution in [0.4, 0.5) is 10.6 Å². The zero-order valence-electron chi connectivity index (χ0n) is 47.8. The predicted molar refractivity (Wildman–Crippen MR) is 331 cm³/mol. The maximum atomic E-state index is 14.4. The number of carbonyl (C=O) groups is 8. The number of aromatic nitrogens is 7. The minimum absolute atomic E-state index is 0.00899. The Bertz CT molecular complexity index is 3870. The fourth-order valence-electron chi connectivity index (χ4n) is 9.10. The van der Waals surface area contributed by atoms with E-state index in [2.05, 4.69) is 21.3 Å². The van der Waals surface area contributed by atoms with Crippen LogP contribution in [0.5, 0.6) is 0 Å². The number of thiazole rings is 6. The van der Waals surface area contributed by atoms with Crippen molar-refractivity contribution in [3.8, 4) is 43.4 Å². The molecule has 8 heterocycles. The van der Waals surface area contributed by atoms with Crippen molar-refractivity contribution >= 4 is 121 Å². The highest BCUT2D eigenvalue weighted by atomic mass is 32.1. The molecule has 7 N–H and O–H groups in total. The Kier molecular flexibility index (Phi) is 21.4. The maximum Gasteiger partial charge on any atom is 0.415 e. The van der Waals surface area contributed by atoms with Crippen LogP contribution in [0, 0.1) is 12.8 Å². The molecule has 25 nitrogen and oxygen atoms in total. The van der Waals surface area contributed by atoms with Crippen LogP contribution in [-0.2, 0) is 35.3 Å². The van der Waals surface area contributed by atoms with E-state index in [0.29, 0.717) is 68.0 Å². The molecule has 1 aliphatic rings. The van der Waals surface area contributed by atoms with E-state index in [1.807, 2.05) is 13.8 Å². The van der Waals surface area contributed by atoms with Crippen molar-refractivity contribution < 1.29 is 63.1 Å². The highest BCUT2D eigenvalue weighted by Gasteiger charge is 2.33. The third kappa shape index (κ3) is 15.6. The molecular formula is C57H58N12O13S6. The van der Waals surface area contributed by atoms with Gasteiger partial charge in [-0.25, -0.2) is 39.7 Å². The molecule has 31 heteroatoms. The number of aliphatic carboxylic acids is 2. The first-order chi connectivity index (χ1) is 42.3. The number of anilines is 1. The Morgan fingerprint density at radius 2 is 1.42 bits per heavy atom. The molecule has 4 atom stereocenters. The van der Waals surface area contributed by atoms with E-state index < -0.39 is 72.3 Å². The molecule has 5 amide bonds. The molecule has 0 fully saturated rings. The van der Waals surface area contributed by atoms with Crippen LogP contribution in [-0.4, -0.2) is 132 Å². The van der Waals surface area contributed by atoms with Crippen LogP contribution in [0.2, 0.25) is 0 Å². The van der Waals surface area contributed by atoms with E-state index in [1.165, 1.54) is 41.7 Å². The number of benzene rings is 1. The number of carboxylic acid groups (broad SMARTS) is 2. The summed E-state index contributed by atoms with van der Waals surface area (Å²) in [5.41, 5.74) is 2.41. The summed E-state index contributed by atoms with van der Waals surface area (Å²) in [6, 6.07) is 9.97. The summed E-state index contributed by atoms with van der Waals surface area (Å²) < 4.78 is 10.8. The van der Waals surface area contributed by atoms with Gasteiger partial charge in [0.2, 0.25) is 11.8 Å². The van der Waals surface area contributed by atoms with Crippen molar-refractivity contribution in [1.82, 2.24) is 56.2 Å². The zero-order chi connectivity index (χ0) is 62.8. The van der Waals surface area contributed by atoms with E-state index in [9.17, 15) is 48.6 Å². The number of nitrogens with zero attached hydrogens (tertiary/aromatic N) is 8. The van der Waals surface area contributed by atoms with E-state index >= 15 is 0 Å². The van der Waals surface area contributed by atoms with Crippen LogP contribution in [0.1, 0.15) is 138 Å². The van der Waals surface area contributed by atoms with Gasteiger partial charge in [-0.3, -0.25) is 38.5 Å². The van der Waals surface area contributed by atoms with Crippen LogP contribution < -0.4 is 26.2 Å². The molecule has 0 saturated carbocycles. The van der Waals surface area contributed by atoms with Gasteiger partial charge in [0.15, 0.2) is 5.78 Å². The summed E-state index contributed by atoms with van der Waals surface area (Å²) in [5, 5.41) is 50.3. The number of hydrogen-bond acceptors (Lipinski definition) is 24. The molecule has 10 bridgehead atoms. The van der Waals surface area contributed by atoms with Crippen molar-refractivity contribution in [3.05, 3.63) is 111 Å². The fraction of sp³-hybridized carbons (Fsp3) is 0.351. The fourth-order valence-corrected chi connectivity index (χ4v) is 14.7. The Hall–Kier alpha value is -8.17. The molecule has 0 saturated heterocycles. The van der Waals surface area contributed by atoms with Crippen molar-refractivity contribution in [3.63, 3.8) is 0 Å². The number of pyridine rings is 1. The summed E-state index contributed by atoms with van der Waals surface area (Å²) in [6.07, 6.45) is -2.83. The quantitative estimate of drug-likeness (QED) is 0.0418. The van der Waals surface area contributed by atoms with Crippen LogP contribution in [0.25, 0.3) is 43.4 Å². The van der Waals surface area contributed by atoms with Gasteiger partial charge in [0.05, 0.1) is 47.8 Å². The second kappa shape index (κ2) is 29.2. The predicted octanol–water partition coefficient (Wildman–Crippen LogP) is 8.87. The van der Waals surface area contributed by atoms with Crippen LogP contribution >= 0.6 is 68.0 Å². The number of rotatable bonds is 17. The number of ketones is 1. The standard InChI is InChI=1S/C57H58N12O13S6/c1-27(2)31-19-37(70)44-28(3)87-55(67-44)33(20-40(71)58-4)61-49(78)35-24-83-51(63-35)30-15-16-32(53-65-39(26-86-53)69(17-9-13-42(73)74)57(80)82-18-10-14-43(75)76)60-45(30)34-23-84-54(62-34)36-25-85-56(64-36)47(48(77)29-11-7-6-8-12-29)66-41(72)21-59-50(79)46-38(22-81-5)88-52(31)68-46/h6-8,11-12,15-16,23-27,31,33,47-48,77H,9-10,13-14,17-22H2,1-5H3,(H,58,71)(H,59,79)(H,61,78)(H,66,72)(H,73,74)(H,75,76)/t31?,33-,47-,48-/m0/s1. The SMILES string of the molecule is CNC(=O)C[C@@H]1NC(=O)c2csc(n2)-c2ccc(-c3nc(N(CCCC(=O)O)C(=O)OCCCC(=O)O)cs3)nc2-c2csc(n2)-c2csc(n2)[C@H]([C@@H](O)c2ccccc2)NC(=O)CNC(=O)c2nc(sc2COC)C(C(C)C)CC(=O)c2nc1sc2C. The summed E-state index contributed by atoms with van der Waals surface area (Å²) in [5.74, 6) is -5.36. The van der Waals surface area contributed by atoms with Crippen LogP contribution in [0.15, 0.2) is 64.0 Å². The summed E-state index contributed by atoms with van der Waals surface area (Å²) >= 11 is 7.02. The molecule has 9 rings (SSSR count). The van der Waals surface area contributed by atoms with E-state index in [0.717, 1.165) is 45.3 Å². The number of carboxylic acids is 2. The Morgan fingerprint density at radius 3 is 2.16 bits per heavy atom. The summed E-state index contributed by atoms with van der Waals surface area (Å²) in [4.78, 5) is 142. The number of nitrogens with one attached hydrogen (secondary N) is 4. The van der Waals surface area contributed by atoms with E-state index in [1.54, 1.807) is 70.9 Å². The first-order valence-corrected chi connectivity index (χ1v) is 32.5. The number of fused-ring (bicyclic) bond motifs is 14. The maximum absolute atomic E-state index is 14.4. The molecule has 0 radical (unpaired) electrons. The second-order valence-corrected chi connectivity index (χ2v) is 26.0. The molecule has 1 aromatic carbocycles. The lowest BCUT2D eigenvalue weighted by Crippen LogP contribution is -2.40. The molecule has 8 aromatic rings. The van der Waals surface area contributed by atoms with Crippen LogP contribution in [0.3, 0.4) is 0 Å². The zero-order valence-corrected chi connectivity index (χ0v) is 52.7. The minimum Gasteiger partial charge on any atom is -0.481 e. The third-order valence-corrected chi connectivity index (χ3v) is 19.4. The average molecular weight is 1310 g/mol. The number of Topliss-reactive ketones (excluding diaryl/α,β-unsaturated/α-hetero) is 1. The Labute approximate surface area is 526 Å². The number of ether oxygens (including phenoxy) is 2. The molecule has 1 unspecified atom stereocenters. The van der Waals surface area contributed by atoms with E-state index in [4.69, 9.17) is 49.5 Å². The molecule has 1 aliphatic heterocycles. The number of aliphatic hydroxyl groups excluding tert-OH is 1. The number of hydrogen-bond donors (Lipinski definition) is 7. The van der Waals surface area contributed by atoms with Gasteiger partial charge in [-0.05, 0) is 43.4 Å². The van der Waals surface area contributed by atoms with Gasteiger partial charge in [0.25, 0.3) is 11.8 Å². The Balaban J connectivity index is 1.12. The van der Waals surface area contributed by atoms with Gasteiger partial charge >= 0.3 is 18.0 Å². The number of amides is 5. The topological polar surface area (TPSA) is 357 Å². The van der Waals surface area contributed by atoms with Gasteiger partial charge in [-0.1, -0.05) is 44.2 Å². The normalized spacial score (nSPS) is 16.1. The highest BCUT2D eigenvalue weighted by molar-refractivity contribution is 7.15. The van der Waals surface area contributed by atoms with Crippen molar-refractivity contribution in [2.45, 2.75) is 90.0 Å². The highest BCUT2D eigenvalue weighted by Crippen LogP contribution is 2.41. The van der Waals surface area contributed by atoms with Crippen molar-refractivity contribution in [1.29, 1.82) is 0 Å². The monoisotopic (exact) mass is 1310 g/mol. The lowest BCUT2D eigenvalue weighted by Gasteiger charge is -2.23. The second-order valence-electron chi connectivity index (χ2n) is 20.2. The third-order valence-electron chi connectivity index (χ3n) is 13.6. The summed E-state index contributed by atoms with van der Waals surface area (Å²) in [7, 11) is 2.93. The number of carbonyl (C=O) groups excluding carboxylic acids is 6. The summed E-state index contributed by atoms with van der Waals surface area (Å²) in [6.45, 7) is 4.79. The molecular weight excluding hydrogens is 1250 g/mol. The average Bonchev–Trinajstić information content (AvgIpc) is 2.63. The van der Waals surface area contributed by atoms with Gasteiger partial charge < -0.3 is 46.1 Å². The smallest absolute Gasteiger partial charge is 0.415 e. The lowest BCUT2D eigenvalue weighted by molar-refractivity contribution is -0.138. The minimum atomic E-state index is -1.31. The van der Waals surface area contributed by atoms with Gasteiger partial charge in [0, 0.05) is 77.8 Å². The van der Waals surface area contributed by atoms with Gasteiger partial charge in [-0.15, -0.1) is 68.0 Å². The van der Waals surface area contributed by atoms with Crippen molar-refractivity contribution in [2.75, 3.05) is 38.8 Å². The molecule has 460 valence electrons. The largest absolute Gasteiger partial charge is 0.481 e. The first kappa shape index (κ1) is 64.3. The molecule has 7 aromatic heterocycles. The van der Waals surface area contributed by atoms with Crippen molar-refractivity contribution in [2.24, 2.45) is 5.92 Å². The van der Waals surface area contributed by atoms with E-state index in [-0.39, 0.29) is 98.6 Å². The first-order valence-electron chi connectivity index (χ1n) is 27.3. The number of methoxy groups -OCH3 is 1. The molecule has 0 spiro atoms. The van der Waals surface area contributed by atoms with Gasteiger partial charge in [0.1, 0.15) is 77.2 Å². The Morgan fingerprint density at radius 1 is 0.727 bits per heavy atom. The molecule has 0 aliphatic carbocycles. The number of aryl methyl sites for hydroxylation is 1. The van der Waals surface area contributed by atoms with Gasteiger partial charge in [-0.2, -0.15) is 0 Å². The number of aliphatic hydroxyl groups is 1. The lowest BCUT2D eigenvalue weighted by atomic mass is 9.90. The molecule has 88 heavy (non-hydrogen) atoms.